The summed E-state index contributed by atoms with van der Waals surface area (Å²) in [4.78, 5) is 17.2. The standard InChI is InChI=1S/C33H31ClN4O3/c1-37-21-36-20-31(37)33(40,24-10-8-22(9-11-24)18-35-19-27-7-4-14-41-27)25-12-13-30-29(16-25)28(17-32(39)38(30)2)23-5-3-6-26(34)15-23/h3-8,10-17,20-22,35,40H,9,18-19H2,1-2H3. The van der Waals surface area contributed by atoms with Gasteiger partial charge in [-0.2, -0.15) is 0 Å². The van der Waals surface area contributed by atoms with Gasteiger partial charge in [-0.05, 0) is 71.0 Å². The second-order valence-electron chi connectivity index (χ2n) is 10.5. The van der Waals surface area contributed by atoms with Crippen molar-refractivity contribution in [3.05, 3.63) is 136 Å². The Morgan fingerprint density at radius 2 is 2.02 bits per heavy atom. The number of benzene rings is 2. The van der Waals surface area contributed by atoms with Crippen molar-refractivity contribution in [1.29, 1.82) is 0 Å². The molecule has 1 aliphatic rings. The zero-order chi connectivity index (χ0) is 28.6. The molecule has 0 radical (unpaired) electrons. The molecule has 6 rings (SSSR count). The lowest BCUT2D eigenvalue weighted by Crippen LogP contribution is -2.33. The van der Waals surface area contributed by atoms with Crippen molar-refractivity contribution in [2.24, 2.45) is 20.0 Å². The minimum atomic E-state index is -1.47. The van der Waals surface area contributed by atoms with Crippen molar-refractivity contribution >= 4 is 22.5 Å². The zero-order valence-corrected chi connectivity index (χ0v) is 23.7. The van der Waals surface area contributed by atoms with Gasteiger partial charge in [0.05, 0.1) is 36.5 Å². The number of halogens is 1. The summed E-state index contributed by atoms with van der Waals surface area (Å²) in [5.74, 6) is 1.18. The Hall–Kier alpha value is -4.17. The zero-order valence-electron chi connectivity index (χ0n) is 22.9. The fourth-order valence-electron chi connectivity index (χ4n) is 5.63. The minimum Gasteiger partial charge on any atom is -0.468 e. The van der Waals surface area contributed by atoms with Gasteiger partial charge < -0.3 is 24.0 Å². The summed E-state index contributed by atoms with van der Waals surface area (Å²) in [5, 5.41) is 17.5. The van der Waals surface area contributed by atoms with Gasteiger partial charge in [-0.15, -0.1) is 0 Å². The van der Waals surface area contributed by atoms with E-state index < -0.39 is 5.60 Å². The highest BCUT2D eigenvalue weighted by Crippen LogP contribution is 2.41. The van der Waals surface area contributed by atoms with Crippen LogP contribution in [0, 0.1) is 5.92 Å². The van der Waals surface area contributed by atoms with Gasteiger partial charge in [0.2, 0.25) is 0 Å². The molecule has 0 saturated heterocycles. The Balaban J connectivity index is 1.41. The smallest absolute Gasteiger partial charge is 0.251 e. The predicted octanol–water partition coefficient (Wildman–Crippen LogP) is 5.71. The normalized spacial score (nSPS) is 16.6. The molecule has 0 amide bonds. The molecule has 3 heterocycles. The summed E-state index contributed by atoms with van der Waals surface area (Å²) in [6.07, 6.45) is 12.1. The maximum atomic E-state index is 12.9. The van der Waals surface area contributed by atoms with Crippen LogP contribution in [-0.2, 0) is 26.2 Å². The molecule has 2 aromatic carbocycles. The molecule has 2 unspecified atom stereocenters. The van der Waals surface area contributed by atoms with Crippen LogP contribution in [0.5, 0.6) is 0 Å². The van der Waals surface area contributed by atoms with E-state index in [9.17, 15) is 9.90 Å². The van der Waals surface area contributed by atoms with Crippen LogP contribution in [0.4, 0.5) is 0 Å². The molecule has 1 aliphatic carbocycles. The summed E-state index contributed by atoms with van der Waals surface area (Å²) < 4.78 is 8.88. The fourth-order valence-corrected chi connectivity index (χ4v) is 5.82. The maximum absolute atomic E-state index is 12.9. The van der Waals surface area contributed by atoms with Gasteiger partial charge >= 0.3 is 0 Å². The van der Waals surface area contributed by atoms with Crippen LogP contribution < -0.4 is 10.9 Å². The predicted molar refractivity (Wildman–Crippen MR) is 162 cm³/mol. The topological polar surface area (TPSA) is 85.2 Å². The van der Waals surface area contributed by atoms with Gasteiger partial charge in [0.1, 0.15) is 5.76 Å². The Labute approximate surface area is 243 Å². The van der Waals surface area contributed by atoms with E-state index >= 15 is 0 Å². The van der Waals surface area contributed by atoms with Crippen LogP contribution in [-0.4, -0.2) is 25.8 Å². The van der Waals surface area contributed by atoms with Gasteiger partial charge in [-0.3, -0.25) is 4.79 Å². The highest BCUT2D eigenvalue weighted by atomic mass is 35.5. The molecule has 5 aromatic rings. The van der Waals surface area contributed by atoms with E-state index in [2.05, 4.69) is 22.5 Å². The van der Waals surface area contributed by atoms with Crippen molar-refractivity contribution in [1.82, 2.24) is 19.4 Å². The third-order valence-electron chi connectivity index (χ3n) is 7.88. The van der Waals surface area contributed by atoms with Crippen molar-refractivity contribution in [2.45, 2.75) is 18.6 Å². The number of nitrogens with zero attached hydrogens (tertiary/aromatic N) is 3. The first-order valence-corrected chi connectivity index (χ1v) is 13.9. The first kappa shape index (κ1) is 27.0. The van der Waals surface area contributed by atoms with Crippen LogP contribution in [0.15, 0.2) is 112 Å². The number of hydrogen-bond donors (Lipinski definition) is 2. The number of nitrogens with one attached hydrogen (secondary N) is 1. The van der Waals surface area contributed by atoms with Crippen molar-refractivity contribution < 1.29 is 9.52 Å². The molecule has 41 heavy (non-hydrogen) atoms. The quantitative estimate of drug-likeness (QED) is 0.251. The summed E-state index contributed by atoms with van der Waals surface area (Å²) in [7, 11) is 3.63. The van der Waals surface area contributed by atoms with Crippen LogP contribution >= 0.6 is 11.6 Å². The number of hydrogen-bond acceptors (Lipinski definition) is 5. The fraction of sp³-hybridized carbons (Fsp3) is 0.212. The monoisotopic (exact) mass is 566 g/mol. The van der Waals surface area contributed by atoms with Crippen molar-refractivity contribution in [3.8, 4) is 11.1 Å². The Morgan fingerprint density at radius 3 is 2.73 bits per heavy atom. The van der Waals surface area contributed by atoms with E-state index in [0.29, 0.717) is 22.8 Å². The molecule has 208 valence electrons. The van der Waals surface area contributed by atoms with Crippen molar-refractivity contribution in [2.75, 3.05) is 6.54 Å². The number of allylic oxidation sites excluding steroid dienone is 1. The summed E-state index contributed by atoms with van der Waals surface area (Å²) >= 11 is 6.32. The average Bonchev–Trinajstić information content (AvgIpc) is 3.67. The molecule has 0 spiro atoms. The molecule has 8 heteroatoms. The van der Waals surface area contributed by atoms with E-state index in [1.807, 2.05) is 72.3 Å². The highest BCUT2D eigenvalue weighted by Gasteiger charge is 2.38. The number of aromatic nitrogens is 3. The van der Waals surface area contributed by atoms with E-state index in [1.54, 1.807) is 36.5 Å². The molecule has 0 fully saturated rings. The van der Waals surface area contributed by atoms with Gasteiger partial charge in [0, 0.05) is 37.1 Å². The number of fused-ring (bicyclic) bond motifs is 1. The van der Waals surface area contributed by atoms with E-state index in [-0.39, 0.29) is 11.5 Å². The van der Waals surface area contributed by atoms with Crippen LogP contribution in [0.2, 0.25) is 5.02 Å². The molecule has 2 N–H and O–H groups in total. The Morgan fingerprint density at radius 1 is 1.15 bits per heavy atom. The lowest BCUT2D eigenvalue weighted by Gasteiger charge is -2.33. The van der Waals surface area contributed by atoms with Gasteiger partial charge in [0.15, 0.2) is 5.60 Å². The lowest BCUT2D eigenvalue weighted by molar-refractivity contribution is 0.116. The largest absolute Gasteiger partial charge is 0.468 e. The van der Waals surface area contributed by atoms with Gasteiger partial charge in [-0.1, -0.05) is 48.0 Å². The third-order valence-corrected chi connectivity index (χ3v) is 8.11. The molecular formula is C33H31ClN4O3. The summed E-state index contributed by atoms with van der Waals surface area (Å²) in [5.41, 5.74) is 2.88. The number of rotatable bonds is 8. The van der Waals surface area contributed by atoms with E-state index in [1.165, 1.54) is 0 Å². The average molecular weight is 567 g/mol. The molecule has 0 aliphatic heterocycles. The van der Waals surface area contributed by atoms with Crippen LogP contribution in [0.25, 0.3) is 22.0 Å². The third kappa shape index (κ3) is 5.08. The minimum absolute atomic E-state index is 0.119. The number of aryl methyl sites for hydroxylation is 2. The molecule has 3 aromatic heterocycles. The van der Waals surface area contributed by atoms with Crippen LogP contribution in [0.3, 0.4) is 0 Å². The Kier molecular flexibility index (Phi) is 7.26. The molecular weight excluding hydrogens is 536 g/mol. The summed E-state index contributed by atoms with van der Waals surface area (Å²) in [6, 6.07) is 18.7. The molecule has 7 nitrogen and oxygen atoms in total. The van der Waals surface area contributed by atoms with Gasteiger partial charge in [-0.25, -0.2) is 4.98 Å². The first-order chi connectivity index (χ1) is 19.8. The van der Waals surface area contributed by atoms with Gasteiger partial charge in [0.25, 0.3) is 5.56 Å². The van der Waals surface area contributed by atoms with E-state index in [4.69, 9.17) is 16.0 Å². The Bertz CT molecular complexity index is 1830. The molecule has 0 bridgehead atoms. The van der Waals surface area contributed by atoms with Crippen molar-refractivity contribution in [3.63, 3.8) is 0 Å². The molecule has 0 saturated carbocycles. The molecule has 2 atom stereocenters. The SMILES string of the molecule is Cn1cncc1C(O)(C1=CCC(CNCc2ccco2)C=C1)c1ccc2c(c1)c(-c1cccc(Cl)c1)cc(=O)n2C. The second kappa shape index (κ2) is 11.0. The maximum Gasteiger partial charge on any atom is 0.251 e. The lowest BCUT2D eigenvalue weighted by atomic mass is 9.79. The highest BCUT2D eigenvalue weighted by molar-refractivity contribution is 6.30. The number of imidazole rings is 1. The first-order valence-electron chi connectivity index (χ1n) is 13.6. The number of aliphatic hydroxyl groups is 1. The summed E-state index contributed by atoms with van der Waals surface area (Å²) in [6.45, 7) is 1.46. The number of furan rings is 1. The second-order valence-corrected chi connectivity index (χ2v) is 11.0. The number of pyridine rings is 1. The van der Waals surface area contributed by atoms with E-state index in [0.717, 1.165) is 46.3 Å². The van der Waals surface area contributed by atoms with Crippen LogP contribution in [0.1, 0.15) is 23.4 Å².